The number of carbonyl (C=O) groups is 1. The molecular weight excluding hydrogens is 204 g/mol. The van der Waals surface area contributed by atoms with Gasteiger partial charge in [0.25, 0.3) is 0 Å². The van der Waals surface area contributed by atoms with E-state index in [-0.39, 0.29) is 18.1 Å². The van der Waals surface area contributed by atoms with Crippen molar-refractivity contribution >= 4 is 5.91 Å². The summed E-state index contributed by atoms with van der Waals surface area (Å²) >= 11 is 0. The molecule has 0 saturated carbocycles. The Morgan fingerprint density at radius 3 is 3.00 bits per heavy atom. The number of hydrogen-bond donors (Lipinski definition) is 2. The van der Waals surface area contributed by atoms with Crippen LogP contribution in [-0.2, 0) is 9.53 Å². The first-order valence-corrected chi connectivity index (χ1v) is 6.39. The van der Waals surface area contributed by atoms with E-state index in [1.165, 1.54) is 6.42 Å². The lowest BCUT2D eigenvalue weighted by atomic mass is 10.1. The van der Waals surface area contributed by atoms with Gasteiger partial charge in [-0.2, -0.15) is 0 Å². The fourth-order valence-electron chi connectivity index (χ4n) is 1.87. The lowest BCUT2D eigenvalue weighted by Gasteiger charge is -2.23. The molecule has 1 amide bonds. The Hall–Kier alpha value is -0.610. The van der Waals surface area contributed by atoms with Crippen molar-refractivity contribution in [2.24, 2.45) is 5.73 Å². The molecule has 1 aliphatic heterocycles. The number of nitrogens with one attached hydrogen (secondary N) is 1. The van der Waals surface area contributed by atoms with Crippen molar-refractivity contribution < 1.29 is 9.53 Å². The summed E-state index contributed by atoms with van der Waals surface area (Å²) in [6.45, 7) is 3.53. The van der Waals surface area contributed by atoms with Crippen LogP contribution in [0.4, 0.5) is 0 Å². The van der Waals surface area contributed by atoms with E-state index in [9.17, 15) is 4.79 Å². The second kappa shape index (κ2) is 7.63. The predicted octanol–water partition coefficient (Wildman–Crippen LogP) is 1.19. The lowest BCUT2D eigenvalue weighted by Crippen LogP contribution is -2.44. The zero-order chi connectivity index (χ0) is 11.8. The smallest absolute Gasteiger partial charge is 0.237 e. The molecule has 0 bridgehead atoms. The number of carbonyl (C=O) groups excluding carboxylic acids is 1. The maximum Gasteiger partial charge on any atom is 0.237 e. The lowest BCUT2D eigenvalue weighted by molar-refractivity contribution is -0.123. The van der Waals surface area contributed by atoms with Gasteiger partial charge in [0.15, 0.2) is 0 Å². The van der Waals surface area contributed by atoms with E-state index >= 15 is 0 Å². The Balaban J connectivity index is 2.12. The van der Waals surface area contributed by atoms with Crippen LogP contribution in [-0.4, -0.2) is 31.2 Å². The summed E-state index contributed by atoms with van der Waals surface area (Å²) < 4.78 is 5.53. The van der Waals surface area contributed by atoms with E-state index in [0.29, 0.717) is 6.54 Å². The third-order valence-electron chi connectivity index (χ3n) is 2.98. The van der Waals surface area contributed by atoms with Gasteiger partial charge < -0.3 is 15.8 Å². The number of nitrogens with two attached hydrogens (primary N) is 1. The fraction of sp³-hybridized carbons (Fsp3) is 0.917. The molecule has 1 fully saturated rings. The molecule has 0 aromatic rings. The number of ether oxygens (including phenoxy) is 1. The van der Waals surface area contributed by atoms with Crippen LogP contribution in [0.2, 0.25) is 0 Å². The Labute approximate surface area is 97.9 Å². The predicted molar refractivity (Wildman–Crippen MR) is 64.1 cm³/mol. The van der Waals surface area contributed by atoms with Crippen LogP contribution in [0.1, 0.15) is 45.4 Å². The molecule has 0 aliphatic carbocycles. The summed E-state index contributed by atoms with van der Waals surface area (Å²) in [7, 11) is 0. The van der Waals surface area contributed by atoms with Crippen LogP contribution in [0.15, 0.2) is 0 Å². The largest absolute Gasteiger partial charge is 0.376 e. The minimum absolute atomic E-state index is 0.0392. The van der Waals surface area contributed by atoms with Crippen LogP contribution < -0.4 is 11.1 Å². The van der Waals surface area contributed by atoms with Crippen LogP contribution >= 0.6 is 0 Å². The summed E-state index contributed by atoms with van der Waals surface area (Å²) in [5, 5.41) is 2.87. The Morgan fingerprint density at radius 1 is 1.56 bits per heavy atom. The SMILES string of the molecule is CCCC[C@H](N)C(=O)NCC1CCCCO1. The van der Waals surface area contributed by atoms with Crippen molar-refractivity contribution in [3.8, 4) is 0 Å². The highest BCUT2D eigenvalue weighted by Gasteiger charge is 2.17. The third-order valence-corrected chi connectivity index (χ3v) is 2.98. The topological polar surface area (TPSA) is 64.4 Å². The summed E-state index contributed by atoms with van der Waals surface area (Å²) in [4.78, 5) is 11.6. The molecule has 1 heterocycles. The summed E-state index contributed by atoms with van der Waals surface area (Å²) in [6, 6.07) is -0.358. The van der Waals surface area contributed by atoms with Gasteiger partial charge in [0.1, 0.15) is 0 Å². The number of hydrogen-bond acceptors (Lipinski definition) is 3. The monoisotopic (exact) mass is 228 g/mol. The average Bonchev–Trinajstić information content (AvgIpc) is 2.34. The first-order valence-electron chi connectivity index (χ1n) is 6.39. The minimum Gasteiger partial charge on any atom is -0.376 e. The van der Waals surface area contributed by atoms with Gasteiger partial charge in [0, 0.05) is 13.2 Å². The normalized spacial score (nSPS) is 22.8. The van der Waals surface area contributed by atoms with E-state index in [0.717, 1.165) is 38.7 Å². The molecule has 1 aliphatic rings. The highest BCUT2D eigenvalue weighted by atomic mass is 16.5. The zero-order valence-corrected chi connectivity index (χ0v) is 10.2. The van der Waals surface area contributed by atoms with Gasteiger partial charge in [-0.05, 0) is 25.7 Å². The molecule has 0 radical (unpaired) electrons. The molecule has 1 unspecified atom stereocenters. The maximum atomic E-state index is 11.6. The van der Waals surface area contributed by atoms with Gasteiger partial charge in [-0.3, -0.25) is 4.79 Å². The van der Waals surface area contributed by atoms with Crippen molar-refractivity contribution in [1.29, 1.82) is 0 Å². The van der Waals surface area contributed by atoms with Gasteiger partial charge in [0.05, 0.1) is 12.1 Å². The number of amides is 1. The Kier molecular flexibility index (Phi) is 6.42. The molecule has 4 nitrogen and oxygen atoms in total. The zero-order valence-electron chi connectivity index (χ0n) is 10.2. The van der Waals surface area contributed by atoms with Crippen molar-refractivity contribution in [3.63, 3.8) is 0 Å². The quantitative estimate of drug-likeness (QED) is 0.717. The van der Waals surface area contributed by atoms with Crippen LogP contribution in [0.5, 0.6) is 0 Å². The van der Waals surface area contributed by atoms with E-state index in [1.54, 1.807) is 0 Å². The molecule has 0 spiro atoms. The van der Waals surface area contributed by atoms with Crippen molar-refractivity contribution in [3.05, 3.63) is 0 Å². The fourth-order valence-corrected chi connectivity index (χ4v) is 1.87. The molecule has 0 aromatic carbocycles. The summed E-state index contributed by atoms with van der Waals surface area (Å²) in [5.41, 5.74) is 5.77. The maximum absolute atomic E-state index is 11.6. The number of rotatable bonds is 6. The van der Waals surface area contributed by atoms with Crippen LogP contribution in [0.3, 0.4) is 0 Å². The van der Waals surface area contributed by atoms with Gasteiger partial charge in [-0.25, -0.2) is 0 Å². The van der Waals surface area contributed by atoms with Gasteiger partial charge in [0.2, 0.25) is 5.91 Å². The first kappa shape index (κ1) is 13.5. The van der Waals surface area contributed by atoms with Gasteiger partial charge >= 0.3 is 0 Å². The van der Waals surface area contributed by atoms with Crippen molar-refractivity contribution in [2.75, 3.05) is 13.2 Å². The molecular formula is C12H24N2O2. The highest BCUT2D eigenvalue weighted by Crippen LogP contribution is 2.11. The molecule has 1 rings (SSSR count). The second-order valence-corrected chi connectivity index (χ2v) is 4.48. The van der Waals surface area contributed by atoms with Crippen molar-refractivity contribution in [1.82, 2.24) is 5.32 Å². The van der Waals surface area contributed by atoms with E-state index in [4.69, 9.17) is 10.5 Å². The van der Waals surface area contributed by atoms with E-state index in [2.05, 4.69) is 12.2 Å². The van der Waals surface area contributed by atoms with Gasteiger partial charge in [-0.15, -0.1) is 0 Å². The molecule has 3 N–H and O–H groups in total. The second-order valence-electron chi connectivity index (χ2n) is 4.48. The standard InChI is InChI=1S/C12H24N2O2/c1-2-3-7-11(13)12(15)14-9-10-6-4-5-8-16-10/h10-11H,2-9,13H2,1H3,(H,14,15)/t10?,11-/m0/s1. The minimum atomic E-state index is -0.358. The Bertz CT molecular complexity index is 203. The summed E-state index contributed by atoms with van der Waals surface area (Å²) in [6.07, 6.45) is 6.43. The molecule has 4 heteroatoms. The van der Waals surface area contributed by atoms with E-state index < -0.39 is 0 Å². The molecule has 1 saturated heterocycles. The van der Waals surface area contributed by atoms with Crippen LogP contribution in [0.25, 0.3) is 0 Å². The third kappa shape index (κ3) is 4.94. The van der Waals surface area contributed by atoms with Crippen molar-refractivity contribution in [2.45, 2.75) is 57.6 Å². The summed E-state index contributed by atoms with van der Waals surface area (Å²) in [5.74, 6) is -0.0392. The molecule has 0 aromatic heterocycles. The molecule has 2 atom stereocenters. The number of unbranched alkanes of at least 4 members (excludes halogenated alkanes) is 1. The Morgan fingerprint density at radius 2 is 2.38 bits per heavy atom. The average molecular weight is 228 g/mol. The highest BCUT2D eigenvalue weighted by molar-refractivity contribution is 5.81. The molecule has 94 valence electrons. The van der Waals surface area contributed by atoms with Crippen LogP contribution in [0, 0.1) is 0 Å². The first-order chi connectivity index (χ1) is 7.74. The molecule has 16 heavy (non-hydrogen) atoms. The van der Waals surface area contributed by atoms with E-state index in [1.807, 2.05) is 0 Å². The van der Waals surface area contributed by atoms with Gasteiger partial charge in [-0.1, -0.05) is 19.8 Å².